The SMILES string of the molecule is CCN(CC)C(=O)COC(=O)C(CNC(=O)C1CCCn2c(CCC3CCNCC3)nnc21)NC(=O)OCc1ccccc1. The lowest BCUT2D eigenvalue weighted by Gasteiger charge is -2.25. The maximum absolute atomic E-state index is 13.4. The van der Waals surface area contributed by atoms with Gasteiger partial charge < -0.3 is 34.9 Å². The van der Waals surface area contributed by atoms with Crippen LogP contribution in [0, 0.1) is 5.92 Å². The van der Waals surface area contributed by atoms with Gasteiger partial charge in [0.2, 0.25) is 5.91 Å². The van der Waals surface area contributed by atoms with Crippen LogP contribution in [0.25, 0.3) is 0 Å². The molecule has 1 saturated heterocycles. The summed E-state index contributed by atoms with van der Waals surface area (Å²) in [7, 11) is 0. The summed E-state index contributed by atoms with van der Waals surface area (Å²) < 4.78 is 12.6. The number of esters is 1. The smallest absolute Gasteiger partial charge is 0.408 e. The minimum Gasteiger partial charge on any atom is -0.454 e. The van der Waals surface area contributed by atoms with Crippen molar-refractivity contribution in [2.24, 2.45) is 5.92 Å². The number of nitrogens with zero attached hydrogens (tertiary/aromatic N) is 4. The van der Waals surface area contributed by atoms with Crippen molar-refractivity contribution in [1.29, 1.82) is 0 Å². The van der Waals surface area contributed by atoms with E-state index in [9.17, 15) is 19.2 Å². The van der Waals surface area contributed by atoms with Crippen molar-refractivity contribution >= 4 is 23.9 Å². The standard InChI is InChI=1S/C31H45N7O6/c1-3-37(4-2)27(39)21-43-30(41)25(34-31(42)44-20-23-9-6-5-7-10-23)19-33-29(40)24-11-8-18-38-26(35-36-28(24)38)13-12-22-14-16-32-17-15-22/h5-7,9-10,22,24-25,32H,3-4,8,11-21H2,1-2H3,(H,33,40)(H,34,42). The van der Waals surface area contributed by atoms with Crippen LogP contribution in [0.1, 0.15) is 69.1 Å². The van der Waals surface area contributed by atoms with E-state index in [1.807, 2.05) is 32.0 Å². The third-order valence-electron chi connectivity index (χ3n) is 8.32. The molecule has 13 heteroatoms. The first-order valence-corrected chi connectivity index (χ1v) is 15.7. The molecular formula is C31H45N7O6. The average molecular weight is 612 g/mol. The molecule has 44 heavy (non-hydrogen) atoms. The van der Waals surface area contributed by atoms with E-state index in [0.29, 0.717) is 31.3 Å². The highest BCUT2D eigenvalue weighted by molar-refractivity contribution is 5.87. The van der Waals surface area contributed by atoms with Crippen LogP contribution in [-0.2, 0) is 43.4 Å². The van der Waals surface area contributed by atoms with Crippen molar-refractivity contribution in [3.63, 3.8) is 0 Å². The van der Waals surface area contributed by atoms with Gasteiger partial charge in [0.1, 0.15) is 24.3 Å². The van der Waals surface area contributed by atoms with E-state index in [-0.39, 0.29) is 25.0 Å². The first-order chi connectivity index (χ1) is 21.4. The van der Waals surface area contributed by atoms with Gasteiger partial charge in [0.25, 0.3) is 5.91 Å². The number of carbonyl (C=O) groups excluding carboxylic acids is 4. The number of ether oxygens (including phenoxy) is 2. The highest BCUT2D eigenvalue weighted by Gasteiger charge is 2.32. The van der Waals surface area contributed by atoms with Crippen LogP contribution in [0.2, 0.25) is 0 Å². The minimum absolute atomic E-state index is 0.00104. The first kappa shape index (κ1) is 32.9. The Morgan fingerprint density at radius 3 is 2.52 bits per heavy atom. The Hall–Kier alpha value is -4.00. The van der Waals surface area contributed by atoms with Crippen molar-refractivity contribution in [2.75, 3.05) is 39.3 Å². The Labute approximate surface area is 258 Å². The van der Waals surface area contributed by atoms with Crippen LogP contribution in [0.3, 0.4) is 0 Å². The molecule has 1 fully saturated rings. The molecule has 4 rings (SSSR count). The fourth-order valence-electron chi connectivity index (χ4n) is 5.70. The molecule has 3 amide bonds. The number of benzene rings is 1. The predicted octanol–water partition coefficient (Wildman–Crippen LogP) is 1.91. The largest absolute Gasteiger partial charge is 0.454 e. The molecule has 2 aromatic rings. The Bertz CT molecular complexity index is 1240. The second-order valence-corrected chi connectivity index (χ2v) is 11.2. The van der Waals surface area contributed by atoms with Gasteiger partial charge in [0.15, 0.2) is 6.61 Å². The van der Waals surface area contributed by atoms with Gasteiger partial charge in [-0.05, 0) is 70.5 Å². The fraction of sp³-hybridized carbons (Fsp3) is 0.613. The molecule has 2 aliphatic heterocycles. The van der Waals surface area contributed by atoms with Gasteiger partial charge in [-0.3, -0.25) is 9.59 Å². The fourth-order valence-corrected chi connectivity index (χ4v) is 5.70. The molecule has 3 N–H and O–H groups in total. The number of carbonyl (C=O) groups is 4. The van der Waals surface area contributed by atoms with Crippen molar-refractivity contribution < 1.29 is 28.7 Å². The second-order valence-electron chi connectivity index (χ2n) is 11.2. The van der Waals surface area contributed by atoms with Crippen LogP contribution in [0.5, 0.6) is 0 Å². The van der Waals surface area contributed by atoms with Gasteiger partial charge in [0, 0.05) is 32.6 Å². The second kappa shape index (κ2) is 16.7. The number of hydrogen-bond donors (Lipinski definition) is 3. The molecule has 1 aromatic carbocycles. The number of rotatable bonds is 14. The van der Waals surface area contributed by atoms with E-state index < -0.39 is 30.6 Å². The average Bonchev–Trinajstić information content (AvgIpc) is 3.48. The van der Waals surface area contributed by atoms with Crippen molar-refractivity contribution in [1.82, 2.24) is 35.6 Å². The van der Waals surface area contributed by atoms with Gasteiger partial charge in [-0.15, -0.1) is 10.2 Å². The number of piperidine rings is 1. The van der Waals surface area contributed by atoms with Crippen LogP contribution < -0.4 is 16.0 Å². The van der Waals surface area contributed by atoms with Crippen molar-refractivity contribution in [3.05, 3.63) is 47.5 Å². The quantitative estimate of drug-likeness (QED) is 0.272. The molecule has 240 valence electrons. The number of aromatic nitrogens is 3. The van der Waals surface area contributed by atoms with Crippen LogP contribution >= 0.6 is 0 Å². The number of nitrogens with one attached hydrogen (secondary N) is 3. The van der Waals surface area contributed by atoms with E-state index in [2.05, 4.69) is 30.7 Å². The summed E-state index contributed by atoms with van der Waals surface area (Å²) in [4.78, 5) is 52.9. The van der Waals surface area contributed by atoms with Crippen LogP contribution in [-0.4, -0.2) is 88.9 Å². The number of aryl methyl sites for hydroxylation is 1. The zero-order valence-electron chi connectivity index (χ0n) is 25.8. The first-order valence-electron chi connectivity index (χ1n) is 15.7. The molecule has 2 unspecified atom stereocenters. The summed E-state index contributed by atoms with van der Waals surface area (Å²) in [5.74, 6) is 0.128. The van der Waals surface area contributed by atoms with Gasteiger partial charge in [-0.2, -0.15) is 0 Å². The summed E-state index contributed by atoms with van der Waals surface area (Å²) in [6, 6.07) is 7.84. The molecule has 2 atom stereocenters. The molecule has 0 spiro atoms. The van der Waals surface area contributed by atoms with Crippen molar-refractivity contribution in [2.45, 2.75) is 77.5 Å². The number of amides is 3. The summed E-state index contributed by atoms with van der Waals surface area (Å²) in [5.41, 5.74) is 0.774. The molecule has 0 radical (unpaired) electrons. The summed E-state index contributed by atoms with van der Waals surface area (Å²) in [5, 5.41) is 17.5. The highest BCUT2D eigenvalue weighted by Crippen LogP contribution is 2.28. The lowest BCUT2D eigenvalue weighted by atomic mass is 9.93. The van der Waals surface area contributed by atoms with Crippen LogP contribution in [0.4, 0.5) is 4.79 Å². The molecule has 0 aliphatic carbocycles. The Morgan fingerprint density at radius 1 is 1.05 bits per heavy atom. The lowest BCUT2D eigenvalue weighted by Crippen LogP contribution is -2.50. The number of alkyl carbamates (subject to hydrolysis) is 1. The maximum Gasteiger partial charge on any atom is 0.408 e. The van der Waals surface area contributed by atoms with E-state index in [4.69, 9.17) is 9.47 Å². The third-order valence-corrected chi connectivity index (χ3v) is 8.32. The third kappa shape index (κ3) is 9.25. The molecule has 0 bridgehead atoms. The highest BCUT2D eigenvalue weighted by atomic mass is 16.6. The van der Waals surface area contributed by atoms with E-state index >= 15 is 0 Å². The normalized spacial score (nSPS) is 17.2. The van der Waals surface area contributed by atoms with E-state index in [1.165, 1.54) is 4.90 Å². The number of hydrogen-bond acceptors (Lipinski definition) is 9. The molecular weight excluding hydrogens is 566 g/mol. The maximum atomic E-state index is 13.4. The summed E-state index contributed by atoms with van der Waals surface area (Å²) >= 11 is 0. The number of fused-ring (bicyclic) bond motifs is 1. The minimum atomic E-state index is -1.27. The van der Waals surface area contributed by atoms with Gasteiger partial charge >= 0.3 is 12.1 Å². The zero-order chi connectivity index (χ0) is 31.3. The molecule has 1 aromatic heterocycles. The Morgan fingerprint density at radius 2 is 1.80 bits per heavy atom. The monoisotopic (exact) mass is 611 g/mol. The summed E-state index contributed by atoms with van der Waals surface area (Å²) in [6.45, 7) is 6.74. The lowest BCUT2D eigenvalue weighted by molar-refractivity contribution is -0.153. The molecule has 2 aliphatic rings. The molecule has 0 saturated carbocycles. The Balaban J connectivity index is 1.36. The zero-order valence-corrected chi connectivity index (χ0v) is 25.8. The molecule has 3 heterocycles. The van der Waals surface area contributed by atoms with E-state index in [1.54, 1.807) is 12.1 Å². The van der Waals surface area contributed by atoms with E-state index in [0.717, 1.165) is 63.1 Å². The number of likely N-dealkylation sites (N-methyl/N-ethyl adjacent to an activating group) is 1. The summed E-state index contributed by atoms with van der Waals surface area (Å²) in [6.07, 6.45) is 4.73. The Kier molecular flexibility index (Phi) is 12.5. The molecule has 13 nitrogen and oxygen atoms in total. The van der Waals surface area contributed by atoms with Gasteiger partial charge in [0.05, 0.1) is 5.92 Å². The van der Waals surface area contributed by atoms with Gasteiger partial charge in [-0.1, -0.05) is 30.3 Å². The van der Waals surface area contributed by atoms with Gasteiger partial charge in [-0.25, -0.2) is 9.59 Å². The predicted molar refractivity (Wildman–Crippen MR) is 161 cm³/mol. The van der Waals surface area contributed by atoms with Crippen molar-refractivity contribution in [3.8, 4) is 0 Å². The van der Waals surface area contributed by atoms with Crippen LogP contribution in [0.15, 0.2) is 30.3 Å². The topological polar surface area (TPSA) is 157 Å².